The smallest absolute Gasteiger partial charge is 0.254 e. The number of aliphatic hydroxyl groups excluding tert-OH is 2. The molecule has 4 aliphatic rings. The van der Waals surface area contributed by atoms with Gasteiger partial charge in [-0.15, -0.1) is 0 Å². The monoisotopic (exact) mass is 696 g/mol. The molecule has 2 bridgehead atoms. The Balaban J connectivity index is 1.17. The van der Waals surface area contributed by atoms with Crippen LogP contribution in [0.2, 0.25) is 0 Å². The van der Waals surface area contributed by atoms with Gasteiger partial charge in [0.15, 0.2) is 0 Å². The van der Waals surface area contributed by atoms with E-state index in [2.05, 4.69) is 37.1 Å². The van der Waals surface area contributed by atoms with E-state index in [0.29, 0.717) is 48.4 Å². The van der Waals surface area contributed by atoms with E-state index in [1.807, 2.05) is 91.8 Å². The largest absolute Gasteiger partial charge is 0.394 e. The first-order valence-corrected chi connectivity index (χ1v) is 18.6. The number of rotatable bonds is 13. The van der Waals surface area contributed by atoms with Crippen molar-refractivity contribution in [3.63, 3.8) is 0 Å². The van der Waals surface area contributed by atoms with Gasteiger partial charge in [0.2, 0.25) is 5.91 Å². The van der Waals surface area contributed by atoms with Crippen molar-refractivity contribution in [2.75, 3.05) is 33.8 Å². The number of carbonyl (C=O) groups is 2. The van der Waals surface area contributed by atoms with E-state index in [1.54, 1.807) is 12.0 Å². The molecule has 9 nitrogen and oxygen atoms in total. The summed E-state index contributed by atoms with van der Waals surface area (Å²) >= 11 is 0. The van der Waals surface area contributed by atoms with Gasteiger partial charge >= 0.3 is 0 Å². The number of benzene rings is 3. The second-order valence-corrected chi connectivity index (χ2v) is 16.0. The summed E-state index contributed by atoms with van der Waals surface area (Å²) in [6, 6.07) is 25.2. The van der Waals surface area contributed by atoms with Gasteiger partial charge in [0.1, 0.15) is 12.1 Å². The lowest BCUT2D eigenvalue weighted by Crippen LogP contribution is -2.62. The number of carbonyl (C=O) groups excluding carboxylic acids is 2. The Morgan fingerprint density at radius 3 is 2.29 bits per heavy atom. The standard InChI is InChI=1S/C42H56N4O5/c1-27-35-22-34(42(35,3)4)23-36(27)43-40(49)39-38(28(2)48)37(26-47)51-46(39)25-30-13-10-14-33(21-30)31-15-17-32(18-16-31)41(50)45(20-19-44(5)6)24-29-11-8-7-9-12-29/h7-18,21,27-28,34-39,47-48H,19-20,22-26H2,1-6H3,(H,43,49)/t27-,28-,34+,35-,36-,37-,38+,39-/m0/s1. The van der Waals surface area contributed by atoms with Crippen molar-refractivity contribution in [3.05, 3.63) is 95.6 Å². The lowest BCUT2D eigenvalue weighted by Gasteiger charge is -2.62. The molecule has 0 spiro atoms. The number of amides is 2. The number of hydrogen-bond donors (Lipinski definition) is 3. The van der Waals surface area contributed by atoms with Gasteiger partial charge in [-0.1, -0.05) is 81.4 Å². The van der Waals surface area contributed by atoms with Crippen LogP contribution in [0.4, 0.5) is 0 Å². The van der Waals surface area contributed by atoms with Crippen LogP contribution in [-0.2, 0) is 22.7 Å². The van der Waals surface area contributed by atoms with Crippen molar-refractivity contribution in [1.29, 1.82) is 0 Å². The zero-order chi connectivity index (χ0) is 36.4. The third kappa shape index (κ3) is 7.93. The first-order valence-electron chi connectivity index (χ1n) is 18.6. The molecule has 0 unspecified atom stereocenters. The highest BCUT2D eigenvalue weighted by molar-refractivity contribution is 5.94. The SMILES string of the molecule is C[C@@H]1[C@@H](NC(=O)[C@@H]2[C@H]([C@H](C)O)[C@H](CO)ON2Cc2cccc(-c3ccc(C(=O)N(CCN(C)C)Cc4ccccc4)cc3)c2)C[C@H]2C[C@@H]1C2(C)C. The lowest BCUT2D eigenvalue weighted by atomic mass is 9.45. The highest BCUT2D eigenvalue weighted by Gasteiger charge is 2.57. The van der Waals surface area contributed by atoms with Crippen LogP contribution in [0, 0.1) is 29.1 Å². The molecule has 3 aromatic rings. The minimum absolute atomic E-state index is 0.00836. The predicted octanol–water partition coefficient (Wildman–Crippen LogP) is 5.22. The van der Waals surface area contributed by atoms with Crippen LogP contribution in [0.15, 0.2) is 78.9 Å². The summed E-state index contributed by atoms with van der Waals surface area (Å²) < 4.78 is 0. The highest BCUT2D eigenvalue weighted by Crippen LogP contribution is 2.61. The number of nitrogens with one attached hydrogen (secondary N) is 1. The Morgan fingerprint density at radius 2 is 1.67 bits per heavy atom. The van der Waals surface area contributed by atoms with Gasteiger partial charge in [-0.25, -0.2) is 0 Å². The average molecular weight is 697 g/mol. The molecule has 4 fully saturated rings. The van der Waals surface area contributed by atoms with Gasteiger partial charge in [0.25, 0.3) is 5.91 Å². The highest BCUT2D eigenvalue weighted by atomic mass is 16.7. The quantitative estimate of drug-likeness (QED) is 0.225. The molecular formula is C42H56N4O5. The van der Waals surface area contributed by atoms with Crippen LogP contribution in [0.25, 0.3) is 11.1 Å². The molecule has 0 aromatic heterocycles. The van der Waals surface area contributed by atoms with Gasteiger partial charge in [0, 0.05) is 37.2 Å². The molecule has 2 amide bonds. The number of hydroxylamine groups is 2. The maximum absolute atomic E-state index is 14.1. The average Bonchev–Trinajstić information content (AvgIpc) is 3.49. The van der Waals surface area contributed by atoms with E-state index < -0.39 is 24.2 Å². The summed E-state index contributed by atoms with van der Waals surface area (Å²) in [5.74, 6) is 0.812. The molecule has 1 saturated heterocycles. The first-order chi connectivity index (χ1) is 24.4. The summed E-state index contributed by atoms with van der Waals surface area (Å²) in [4.78, 5) is 37.9. The summed E-state index contributed by atoms with van der Waals surface area (Å²) in [5.41, 5.74) is 4.91. The molecule has 274 valence electrons. The zero-order valence-electron chi connectivity index (χ0n) is 31.0. The van der Waals surface area contributed by atoms with Crippen molar-refractivity contribution < 1.29 is 24.6 Å². The Kier molecular flexibility index (Phi) is 11.3. The van der Waals surface area contributed by atoms with E-state index in [-0.39, 0.29) is 24.5 Å². The molecule has 51 heavy (non-hydrogen) atoms. The van der Waals surface area contributed by atoms with Crippen molar-refractivity contribution in [2.24, 2.45) is 29.1 Å². The van der Waals surface area contributed by atoms with Crippen molar-refractivity contribution in [3.8, 4) is 11.1 Å². The van der Waals surface area contributed by atoms with E-state index in [0.717, 1.165) is 35.2 Å². The van der Waals surface area contributed by atoms with Gasteiger partial charge in [-0.3, -0.25) is 14.4 Å². The molecule has 7 rings (SSSR count). The summed E-state index contributed by atoms with van der Waals surface area (Å²) in [5, 5.41) is 26.1. The van der Waals surface area contributed by atoms with Crippen LogP contribution in [-0.4, -0.2) is 95.0 Å². The van der Waals surface area contributed by atoms with Crippen molar-refractivity contribution >= 4 is 11.8 Å². The van der Waals surface area contributed by atoms with E-state index >= 15 is 0 Å². The molecule has 8 atom stereocenters. The van der Waals surface area contributed by atoms with Crippen LogP contribution >= 0.6 is 0 Å². The lowest BCUT2D eigenvalue weighted by molar-refractivity contribution is -0.183. The predicted molar refractivity (Wildman–Crippen MR) is 199 cm³/mol. The maximum Gasteiger partial charge on any atom is 0.254 e. The van der Waals surface area contributed by atoms with Gasteiger partial charge in [-0.05, 0) is 97.5 Å². The second kappa shape index (κ2) is 15.6. The number of fused-ring (bicyclic) bond motifs is 2. The fourth-order valence-electron chi connectivity index (χ4n) is 8.88. The Morgan fingerprint density at radius 1 is 0.961 bits per heavy atom. The van der Waals surface area contributed by atoms with Crippen LogP contribution in [0.5, 0.6) is 0 Å². The maximum atomic E-state index is 14.1. The first kappa shape index (κ1) is 37.2. The van der Waals surface area contributed by atoms with Gasteiger partial charge in [0.05, 0.1) is 19.3 Å². The van der Waals surface area contributed by atoms with E-state index in [9.17, 15) is 19.8 Å². The van der Waals surface area contributed by atoms with E-state index in [4.69, 9.17) is 4.84 Å². The molecule has 1 aliphatic heterocycles. The van der Waals surface area contributed by atoms with Gasteiger partial charge < -0.3 is 25.3 Å². The Labute approximate surface area is 303 Å². The summed E-state index contributed by atoms with van der Waals surface area (Å²) in [6.45, 7) is 10.5. The van der Waals surface area contributed by atoms with Crippen molar-refractivity contribution in [1.82, 2.24) is 20.2 Å². The van der Waals surface area contributed by atoms with E-state index in [1.165, 1.54) is 6.42 Å². The van der Waals surface area contributed by atoms with Crippen LogP contribution in [0.3, 0.4) is 0 Å². The number of hydrogen-bond acceptors (Lipinski definition) is 7. The number of nitrogens with zero attached hydrogens (tertiary/aromatic N) is 3. The molecule has 3 aliphatic carbocycles. The fourth-order valence-corrected chi connectivity index (χ4v) is 8.88. The minimum atomic E-state index is -0.849. The molecule has 3 aromatic carbocycles. The Bertz CT molecular complexity index is 1640. The normalized spacial score (nSPS) is 27.5. The molecular weight excluding hydrogens is 640 g/mol. The number of likely N-dealkylation sites (N-methyl/N-ethyl adjacent to an activating group) is 1. The Hall–Kier alpha value is -3.60. The third-order valence-electron chi connectivity index (χ3n) is 12.1. The third-order valence-corrected chi connectivity index (χ3v) is 12.1. The van der Waals surface area contributed by atoms with Crippen molar-refractivity contribution in [2.45, 2.75) is 77.9 Å². The zero-order valence-corrected chi connectivity index (χ0v) is 31.0. The number of aliphatic hydroxyl groups is 2. The molecule has 9 heteroatoms. The molecule has 3 saturated carbocycles. The summed E-state index contributed by atoms with van der Waals surface area (Å²) in [6.07, 6.45) is 0.642. The van der Waals surface area contributed by atoms with Gasteiger partial charge in [-0.2, -0.15) is 5.06 Å². The topological polar surface area (TPSA) is 106 Å². The minimum Gasteiger partial charge on any atom is -0.394 e. The molecule has 1 heterocycles. The second-order valence-electron chi connectivity index (χ2n) is 16.0. The fraction of sp³-hybridized carbons (Fsp3) is 0.524. The summed E-state index contributed by atoms with van der Waals surface area (Å²) in [7, 11) is 4.02. The molecule has 3 N–H and O–H groups in total. The van der Waals surface area contributed by atoms with Crippen LogP contribution in [0.1, 0.15) is 62.0 Å². The van der Waals surface area contributed by atoms with Crippen LogP contribution < -0.4 is 5.32 Å². The molecule has 0 radical (unpaired) electrons.